The maximum absolute atomic E-state index is 12.3. The van der Waals surface area contributed by atoms with Crippen molar-refractivity contribution in [2.75, 3.05) is 45.8 Å². The van der Waals surface area contributed by atoms with Gasteiger partial charge in [0.25, 0.3) is 0 Å². The van der Waals surface area contributed by atoms with Gasteiger partial charge in [0.15, 0.2) is 0 Å². The fourth-order valence-corrected chi connectivity index (χ4v) is 3.22. The summed E-state index contributed by atoms with van der Waals surface area (Å²) in [6.45, 7) is 5.20. The van der Waals surface area contributed by atoms with E-state index in [9.17, 15) is 9.59 Å². The second-order valence-electron chi connectivity index (χ2n) is 6.43. The van der Waals surface area contributed by atoms with E-state index >= 15 is 0 Å². The van der Waals surface area contributed by atoms with Crippen LogP contribution in [0.15, 0.2) is 36.4 Å². The number of hydrogen-bond donors (Lipinski definition) is 0. The van der Waals surface area contributed by atoms with Crippen molar-refractivity contribution in [2.45, 2.75) is 12.8 Å². The van der Waals surface area contributed by atoms with E-state index in [1.165, 1.54) is 0 Å². The van der Waals surface area contributed by atoms with Crippen LogP contribution < -0.4 is 0 Å². The van der Waals surface area contributed by atoms with Gasteiger partial charge in [0.05, 0.1) is 6.54 Å². The first-order chi connectivity index (χ1) is 11.7. The van der Waals surface area contributed by atoms with Gasteiger partial charge in [-0.05, 0) is 24.5 Å². The molecule has 0 N–H and O–H groups in total. The number of carbonyl (C=O) groups excluding carboxylic acids is 2. The molecule has 0 unspecified atom stereocenters. The van der Waals surface area contributed by atoms with Crippen LogP contribution in [-0.4, -0.2) is 72.3 Å². The largest absolute Gasteiger partial charge is 0.342 e. The van der Waals surface area contributed by atoms with Crippen LogP contribution in [0.5, 0.6) is 0 Å². The number of nitrogens with zero attached hydrogens (tertiary/aromatic N) is 3. The number of rotatable bonds is 4. The highest BCUT2D eigenvalue weighted by atomic mass is 16.2. The Kier molecular flexibility index (Phi) is 5.64. The van der Waals surface area contributed by atoms with Crippen LogP contribution in [0.1, 0.15) is 18.4 Å². The van der Waals surface area contributed by atoms with E-state index in [-0.39, 0.29) is 11.8 Å². The smallest absolute Gasteiger partial charge is 0.246 e. The third-order valence-corrected chi connectivity index (χ3v) is 4.72. The van der Waals surface area contributed by atoms with E-state index in [1.54, 1.807) is 6.08 Å². The number of piperazine rings is 1. The summed E-state index contributed by atoms with van der Waals surface area (Å²) >= 11 is 0. The normalized spacial score (nSPS) is 19.2. The molecule has 1 aromatic carbocycles. The van der Waals surface area contributed by atoms with Crippen molar-refractivity contribution >= 4 is 17.9 Å². The van der Waals surface area contributed by atoms with E-state index in [4.69, 9.17) is 0 Å². The zero-order valence-corrected chi connectivity index (χ0v) is 14.1. The predicted molar refractivity (Wildman–Crippen MR) is 94.3 cm³/mol. The lowest BCUT2D eigenvalue weighted by atomic mass is 10.2. The number of likely N-dealkylation sites (tertiary alicyclic amines) is 1. The Labute approximate surface area is 143 Å². The summed E-state index contributed by atoms with van der Waals surface area (Å²) in [5.41, 5.74) is 1.03. The topological polar surface area (TPSA) is 43.9 Å². The standard InChI is InChI=1S/C19H25N3O2/c23-18(9-8-17-6-2-1-3-7-17)22-14-12-20(13-15-22)16-19(24)21-10-4-5-11-21/h1-3,6-9H,4-5,10-16H2/b9-8+. The summed E-state index contributed by atoms with van der Waals surface area (Å²) in [5.74, 6) is 0.278. The average molecular weight is 327 g/mol. The van der Waals surface area contributed by atoms with Gasteiger partial charge >= 0.3 is 0 Å². The molecule has 0 atom stereocenters. The molecule has 0 bridgehead atoms. The zero-order valence-electron chi connectivity index (χ0n) is 14.1. The number of amides is 2. The molecule has 24 heavy (non-hydrogen) atoms. The monoisotopic (exact) mass is 327 g/mol. The fraction of sp³-hybridized carbons (Fsp3) is 0.474. The minimum absolute atomic E-state index is 0.0457. The molecule has 5 heteroatoms. The van der Waals surface area contributed by atoms with E-state index in [0.29, 0.717) is 19.6 Å². The molecule has 2 aliphatic heterocycles. The van der Waals surface area contributed by atoms with Crippen molar-refractivity contribution in [3.63, 3.8) is 0 Å². The molecule has 0 saturated carbocycles. The van der Waals surface area contributed by atoms with Crippen LogP contribution >= 0.6 is 0 Å². The molecule has 2 saturated heterocycles. The predicted octanol–water partition coefficient (Wildman–Crippen LogP) is 1.47. The van der Waals surface area contributed by atoms with Crippen molar-refractivity contribution in [3.8, 4) is 0 Å². The molecule has 2 amide bonds. The molecule has 2 fully saturated rings. The van der Waals surface area contributed by atoms with Crippen molar-refractivity contribution in [1.82, 2.24) is 14.7 Å². The molecule has 0 spiro atoms. The van der Waals surface area contributed by atoms with Gasteiger partial charge in [-0.15, -0.1) is 0 Å². The summed E-state index contributed by atoms with van der Waals surface area (Å²) in [4.78, 5) is 30.4. The van der Waals surface area contributed by atoms with Crippen LogP contribution in [-0.2, 0) is 9.59 Å². The zero-order chi connectivity index (χ0) is 16.8. The van der Waals surface area contributed by atoms with Crippen LogP contribution in [0, 0.1) is 0 Å². The van der Waals surface area contributed by atoms with Crippen molar-refractivity contribution < 1.29 is 9.59 Å². The Morgan fingerprint density at radius 2 is 1.54 bits per heavy atom. The van der Waals surface area contributed by atoms with Gasteiger partial charge in [0.1, 0.15) is 0 Å². The highest BCUT2D eigenvalue weighted by Crippen LogP contribution is 2.10. The fourth-order valence-electron chi connectivity index (χ4n) is 3.22. The first kappa shape index (κ1) is 16.7. The lowest BCUT2D eigenvalue weighted by Crippen LogP contribution is -2.51. The summed E-state index contributed by atoms with van der Waals surface area (Å²) < 4.78 is 0. The van der Waals surface area contributed by atoms with E-state index in [0.717, 1.165) is 44.6 Å². The minimum atomic E-state index is 0.0457. The summed E-state index contributed by atoms with van der Waals surface area (Å²) in [7, 11) is 0. The molecule has 0 aromatic heterocycles. The Morgan fingerprint density at radius 1 is 0.875 bits per heavy atom. The van der Waals surface area contributed by atoms with Gasteiger partial charge in [-0.1, -0.05) is 30.3 Å². The third kappa shape index (κ3) is 4.45. The molecule has 1 aromatic rings. The Bertz CT molecular complexity index is 586. The molecule has 128 valence electrons. The molecular weight excluding hydrogens is 302 g/mol. The quantitative estimate of drug-likeness (QED) is 0.787. The highest BCUT2D eigenvalue weighted by molar-refractivity contribution is 5.91. The van der Waals surface area contributed by atoms with Gasteiger partial charge in [0.2, 0.25) is 11.8 Å². The van der Waals surface area contributed by atoms with E-state index in [2.05, 4.69) is 4.90 Å². The maximum atomic E-state index is 12.3. The lowest BCUT2D eigenvalue weighted by Gasteiger charge is -2.34. The first-order valence-corrected chi connectivity index (χ1v) is 8.74. The molecule has 3 rings (SSSR count). The summed E-state index contributed by atoms with van der Waals surface area (Å²) in [5, 5.41) is 0. The number of carbonyl (C=O) groups is 2. The van der Waals surface area contributed by atoms with Gasteiger partial charge in [-0.2, -0.15) is 0 Å². The maximum Gasteiger partial charge on any atom is 0.246 e. The average Bonchev–Trinajstić information content (AvgIpc) is 3.16. The first-order valence-electron chi connectivity index (χ1n) is 8.74. The Hall–Kier alpha value is -2.14. The third-order valence-electron chi connectivity index (χ3n) is 4.72. The molecule has 2 heterocycles. The second-order valence-corrected chi connectivity index (χ2v) is 6.43. The van der Waals surface area contributed by atoms with Crippen LogP contribution in [0.4, 0.5) is 0 Å². The molecule has 5 nitrogen and oxygen atoms in total. The minimum Gasteiger partial charge on any atom is -0.342 e. The van der Waals surface area contributed by atoms with Gasteiger partial charge < -0.3 is 9.80 Å². The highest BCUT2D eigenvalue weighted by Gasteiger charge is 2.24. The second kappa shape index (κ2) is 8.11. The van der Waals surface area contributed by atoms with Gasteiger partial charge in [0, 0.05) is 45.3 Å². The van der Waals surface area contributed by atoms with Crippen molar-refractivity contribution in [1.29, 1.82) is 0 Å². The van der Waals surface area contributed by atoms with Crippen molar-refractivity contribution in [2.24, 2.45) is 0 Å². The molecular formula is C19H25N3O2. The van der Waals surface area contributed by atoms with Gasteiger partial charge in [-0.25, -0.2) is 0 Å². The van der Waals surface area contributed by atoms with Gasteiger partial charge in [-0.3, -0.25) is 14.5 Å². The van der Waals surface area contributed by atoms with Crippen LogP contribution in [0.3, 0.4) is 0 Å². The number of hydrogen-bond acceptors (Lipinski definition) is 3. The van der Waals surface area contributed by atoms with Crippen LogP contribution in [0.2, 0.25) is 0 Å². The Balaban J connectivity index is 1.43. The molecule has 0 radical (unpaired) electrons. The van der Waals surface area contributed by atoms with Crippen molar-refractivity contribution in [3.05, 3.63) is 42.0 Å². The summed E-state index contributed by atoms with van der Waals surface area (Å²) in [6.07, 6.45) is 5.75. The Morgan fingerprint density at radius 3 is 2.21 bits per heavy atom. The SMILES string of the molecule is O=C(/C=C/c1ccccc1)N1CCN(CC(=O)N2CCCC2)CC1. The summed E-state index contributed by atoms with van der Waals surface area (Å²) in [6, 6.07) is 9.83. The van der Waals surface area contributed by atoms with E-state index in [1.807, 2.05) is 46.2 Å². The molecule has 0 aliphatic carbocycles. The van der Waals surface area contributed by atoms with E-state index < -0.39 is 0 Å². The molecule has 2 aliphatic rings. The lowest BCUT2D eigenvalue weighted by molar-refractivity contribution is -0.132. The number of benzene rings is 1. The van der Waals surface area contributed by atoms with Crippen LogP contribution in [0.25, 0.3) is 6.08 Å².